The number of pyridine rings is 1. The molecule has 7 nitrogen and oxygen atoms in total. The Morgan fingerprint density at radius 2 is 2.00 bits per heavy atom. The minimum Gasteiger partial charge on any atom is -0.327 e. The second-order valence-corrected chi connectivity index (χ2v) is 8.04. The van der Waals surface area contributed by atoms with E-state index in [0.29, 0.717) is 10.2 Å². The second-order valence-electron chi connectivity index (χ2n) is 5.55. The van der Waals surface area contributed by atoms with Crippen molar-refractivity contribution in [1.82, 2.24) is 4.98 Å². The summed E-state index contributed by atoms with van der Waals surface area (Å²) in [5, 5.41) is 5.63. The maximum Gasteiger partial charge on any atom is 0.287 e. The van der Waals surface area contributed by atoms with E-state index in [9.17, 15) is 13.2 Å². The predicted octanol–water partition coefficient (Wildman–Crippen LogP) is 3.08. The highest BCUT2D eigenvalue weighted by Crippen LogP contribution is 2.28. The molecule has 1 aliphatic heterocycles. The molecule has 3 rings (SSSR count). The Hall–Kier alpha value is -2.26. The molecule has 0 fully saturated rings. The average Bonchev–Trinajstić information content (AvgIpc) is 2.55. The van der Waals surface area contributed by atoms with Crippen LogP contribution in [0.15, 0.2) is 50.3 Å². The van der Waals surface area contributed by atoms with Crippen LogP contribution < -0.4 is 10.6 Å². The van der Waals surface area contributed by atoms with E-state index in [2.05, 4.69) is 35.9 Å². The molecule has 2 N–H and O–H groups in total. The Balaban J connectivity index is 1.66. The van der Waals surface area contributed by atoms with E-state index in [4.69, 9.17) is 0 Å². The van der Waals surface area contributed by atoms with E-state index in [1.54, 1.807) is 0 Å². The highest BCUT2D eigenvalue weighted by Gasteiger charge is 2.26. The van der Waals surface area contributed by atoms with Crippen molar-refractivity contribution in [3.05, 3.63) is 46.6 Å². The fourth-order valence-electron chi connectivity index (χ4n) is 2.27. The molecular formula is C16H15BrN4O3S. The topological polar surface area (TPSA) is 101 Å². The number of aromatic nitrogens is 1. The molecule has 0 saturated heterocycles. The van der Waals surface area contributed by atoms with E-state index >= 15 is 0 Å². The van der Waals surface area contributed by atoms with E-state index in [0.717, 1.165) is 5.56 Å². The minimum atomic E-state index is -3.82. The second kappa shape index (κ2) is 6.93. The van der Waals surface area contributed by atoms with Crippen LogP contribution in [0.2, 0.25) is 0 Å². The molecule has 1 amide bonds. The molecule has 25 heavy (non-hydrogen) atoms. The number of hydrogen-bond donors (Lipinski definition) is 2. The first-order chi connectivity index (χ1) is 11.8. The lowest BCUT2D eigenvalue weighted by Crippen LogP contribution is -2.24. The van der Waals surface area contributed by atoms with Crippen molar-refractivity contribution in [3.63, 3.8) is 0 Å². The van der Waals surface area contributed by atoms with Crippen LogP contribution in [0, 0.1) is 6.92 Å². The number of aryl methyl sites for hydroxylation is 1. The number of hydrogen-bond acceptors (Lipinski definition) is 5. The molecular weight excluding hydrogens is 408 g/mol. The fourth-order valence-corrected chi connectivity index (χ4v) is 3.90. The zero-order valence-corrected chi connectivity index (χ0v) is 15.7. The van der Waals surface area contributed by atoms with Gasteiger partial charge in [-0.25, -0.2) is 4.98 Å². The molecule has 0 atom stereocenters. The Morgan fingerprint density at radius 1 is 1.28 bits per heavy atom. The molecule has 0 unspecified atom stereocenters. The number of halogens is 1. The van der Waals surface area contributed by atoms with Crippen molar-refractivity contribution in [1.29, 1.82) is 0 Å². The lowest BCUT2D eigenvalue weighted by Gasteiger charge is -2.17. The van der Waals surface area contributed by atoms with Gasteiger partial charge in [-0.3, -0.25) is 4.79 Å². The van der Waals surface area contributed by atoms with Gasteiger partial charge in [-0.15, -0.1) is 4.40 Å². The van der Waals surface area contributed by atoms with Crippen LogP contribution in [0.4, 0.5) is 11.5 Å². The number of fused-ring (bicyclic) bond motifs is 1. The Morgan fingerprint density at radius 3 is 2.72 bits per heavy atom. The number of nitrogens with one attached hydrogen (secondary N) is 2. The van der Waals surface area contributed by atoms with Gasteiger partial charge in [0.1, 0.15) is 10.7 Å². The Bertz CT molecular complexity index is 956. The third-order valence-electron chi connectivity index (χ3n) is 3.51. The monoisotopic (exact) mass is 422 g/mol. The normalized spacial score (nSPS) is 14.9. The van der Waals surface area contributed by atoms with Crippen LogP contribution in [-0.2, 0) is 14.8 Å². The lowest BCUT2D eigenvalue weighted by atomic mass is 10.2. The number of anilines is 2. The van der Waals surface area contributed by atoms with Gasteiger partial charge in [0.2, 0.25) is 5.91 Å². The predicted molar refractivity (Wildman–Crippen MR) is 99.2 cm³/mol. The van der Waals surface area contributed by atoms with Crippen LogP contribution in [0.5, 0.6) is 0 Å². The van der Waals surface area contributed by atoms with Crippen LogP contribution in [0.3, 0.4) is 0 Å². The van der Waals surface area contributed by atoms with Crippen LogP contribution in [-0.4, -0.2) is 25.1 Å². The first kappa shape index (κ1) is 17.6. The van der Waals surface area contributed by atoms with E-state index in [1.165, 1.54) is 12.3 Å². The van der Waals surface area contributed by atoms with E-state index in [1.807, 2.05) is 31.2 Å². The first-order valence-corrected chi connectivity index (χ1v) is 9.70. The van der Waals surface area contributed by atoms with Crippen LogP contribution >= 0.6 is 15.9 Å². The molecule has 9 heteroatoms. The fraction of sp³-hybridized carbons (Fsp3) is 0.188. The quantitative estimate of drug-likeness (QED) is 0.787. The number of amidine groups is 1. The average molecular weight is 423 g/mol. The van der Waals surface area contributed by atoms with Crippen molar-refractivity contribution in [3.8, 4) is 0 Å². The Labute approximate surface area is 153 Å². The molecule has 0 radical (unpaired) electrons. The van der Waals surface area contributed by atoms with Gasteiger partial charge in [0.25, 0.3) is 10.0 Å². The van der Waals surface area contributed by atoms with Crippen molar-refractivity contribution in [2.24, 2.45) is 4.40 Å². The molecule has 130 valence electrons. The van der Waals surface area contributed by atoms with Crippen LogP contribution in [0.1, 0.15) is 18.4 Å². The number of carbonyl (C=O) groups excluding carboxylic acids is 1. The molecule has 0 saturated carbocycles. The summed E-state index contributed by atoms with van der Waals surface area (Å²) in [5.41, 5.74) is 1.79. The summed E-state index contributed by atoms with van der Waals surface area (Å²) in [6, 6.07) is 8.86. The van der Waals surface area contributed by atoms with Crippen molar-refractivity contribution >= 4 is 49.2 Å². The maximum atomic E-state index is 12.2. The van der Waals surface area contributed by atoms with Crippen molar-refractivity contribution in [2.75, 3.05) is 10.6 Å². The van der Waals surface area contributed by atoms with E-state index < -0.39 is 10.0 Å². The summed E-state index contributed by atoms with van der Waals surface area (Å²) in [6.07, 6.45) is 1.75. The first-order valence-electron chi connectivity index (χ1n) is 7.46. The van der Waals surface area contributed by atoms with Gasteiger partial charge < -0.3 is 10.6 Å². The summed E-state index contributed by atoms with van der Waals surface area (Å²) < 4.78 is 28.7. The molecule has 2 aromatic rings. The summed E-state index contributed by atoms with van der Waals surface area (Å²) in [6.45, 7) is 1.96. The number of nitrogens with zero attached hydrogens (tertiary/aromatic N) is 2. The zero-order valence-electron chi connectivity index (χ0n) is 13.3. The summed E-state index contributed by atoms with van der Waals surface area (Å²) in [5.74, 6) is 0.189. The number of carbonyl (C=O) groups is 1. The van der Waals surface area contributed by atoms with E-state index in [-0.39, 0.29) is 35.3 Å². The summed E-state index contributed by atoms with van der Waals surface area (Å²) >= 11 is 3.19. The van der Waals surface area contributed by atoms with Gasteiger partial charge in [0.05, 0.1) is 0 Å². The van der Waals surface area contributed by atoms with Gasteiger partial charge in [0, 0.05) is 29.2 Å². The Kier molecular flexibility index (Phi) is 4.87. The SMILES string of the molecule is Cc1ccc(NC(=O)CCC2=NS(=O)(=O)c3cc(Br)cnc3N2)cc1. The number of benzene rings is 1. The number of rotatable bonds is 4. The van der Waals surface area contributed by atoms with Crippen molar-refractivity contribution < 1.29 is 13.2 Å². The van der Waals surface area contributed by atoms with Crippen LogP contribution in [0.25, 0.3) is 0 Å². The molecule has 0 spiro atoms. The molecule has 1 aromatic heterocycles. The van der Waals surface area contributed by atoms with Gasteiger partial charge in [0.15, 0.2) is 5.82 Å². The molecule has 1 aromatic carbocycles. The maximum absolute atomic E-state index is 12.2. The summed E-state index contributed by atoms with van der Waals surface area (Å²) in [4.78, 5) is 16.1. The zero-order chi connectivity index (χ0) is 18.0. The molecule has 1 aliphatic rings. The van der Waals surface area contributed by atoms with Gasteiger partial charge in [-0.1, -0.05) is 17.7 Å². The minimum absolute atomic E-state index is 0.00901. The highest BCUT2D eigenvalue weighted by molar-refractivity contribution is 9.10. The van der Waals surface area contributed by atoms with Gasteiger partial charge in [-0.2, -0.15) is 8.42 Å². The number of amides is 1. The van der Waals surface area contributed by atoms with Gasteiger partial charge >= 0.3 is 0 Å². The number of sulfonamides is 1. The van der Waals surface area contributed by atoms with Crippen molar-refractivity contribution in [2.45, 2.75) is 24.7 Å². The molecule has 0 bridgehead atoms. The standard InChI is InChI=1S/C16H15BrN4O3S/c1-10-2-4-12(5-3-10)19-15(22)7-6-14-20-16-13(25(23,24)21-14)8-11(17)9-18-16/h2-5,8-9H,6-7H2,1H3,(H,19,22)(H,18,20,21). The third-order valence-corrected chi connectivity index (χ3v) is 5.28. The molecule has 2 heterocycles. The third kappa shape index (κ3) is 4.23. The lowest BCUT2D eigenvalue weighted by molar-refractivity contribution is -0.116. The largest absolute Gasteiger partial charge is 0.327 e. The smallest absolute Gasteiger partial charge is 0.287 e. The summed E-state index contributed by atoms with van der Waals surface area (Å²) in [7, 11) is -3.82. The molecule has 0 aliphatic carbocycles. The highest BCUT2D eigenvalue weighted by atomic mass is 79.9. The van der Waals surface area contributed by atoms with Gasteiger partial charge in [-0.05, 0) is 41.1 Å².